The molecule has 0 unspecified atom stereocenters. The van der Waals surface area contributed by atoms with Gasteiger partial charge in [0.25, 0.3) is 0 Å². The Hall–Kier alpha value is -1.80. The highest BCUT2D eigenvalue weighted by Crippen LogP contribution is 2.26. The zero-order valence-electron chi connectivity index (χ0n) is 15.0. The highest BCUT2D eigenvalue weighted by atomic mass is 79.9. The number of aliphatic imine (C=N–C) groups is 1. The summed E-state index contributed by atoms with van der Waals surface area (Å²) in [7, 11) is -3.54. The smallest absolute Gasteiger partial charge is 0.243 e. The molecule has 0 bridgehead atoms. The van der Waals surface area contributed by atoms with E-state index in [2.05, 4.69) is 20.9 Å². The summed E-state index contributed by atoms with van der Waals surface area (Å²) in [5, 5.41) is 0. The standard InChI is InChI=1S/C20H21BrN2O3S/c1-16-7-8-19(27(24,25)23-9-11-26-12-10-23)14-20(16)22-15-18(21)13-17-5-3-2-4-6-17/h2-8,13-15H,9-12H2,1H3/b18-13-,22-15?. The summed E-state index contributed by atoms with van der Waals surface area (Å²) in [6.45, 7) is 3.51. The van der Waals surface area contributed by atoms with Crippen LogP contribution in [0.2, 0.25) is 0 Å². The third-order valence-corrected chi connectivity index (χ3v) is 6.55. The Labute approximate surface area is 168 Å². The maximum Gasteiger partial charge on any atom is 0.243 e. The van der Waals surface area contributed by atoms with Crippen molar-refractivity contribution in [3.8, 4) is 0 Å². The van der Waals surface area contributed by atoms with Crippen LogP contribution in [0.4, 0.5) is 5.69 Å². The molecular formula is C20H21BrN2O3S. The Morgan fingerprint density at radius 2 is 1.85 bits per heavy atom. The van der Waals surface area contributed by atoms with Gasteiger partial charge in [-0.25, -0.2) is 8.42 Å². The van der Waals surface area contributed by atoms with Crippen molar-refractivity contribution in [3.05, 3.63) is 64.1 Å². The largest absolute Gasteiger partial charge is 0.379 e. The van der Waals surface area contributed by atoms with Gasteiger partial charge in [-0.1, -0.05) is 36.4 Å². The molecule has 142 valence electrons. The number of allylic oxidation sites excluding steroid dienone is 1. The molecule has 2 aromatic carbocycles. The monoisotopic (exact) mass is 448 g/mol. The van der Waals surface area contributed by atoms with Gasteiger partial charge in [0, 0.05) is 23.8 Å². The third kappa shape index (κ3) is 5.13. The third-order valence-electron chi connectivity index (χ3n) is 4.22. The van der Waals surface area contributed by atoms with E-state index in [-0.39, 0.29) is 4.90 Å². The Balaban J connectivity index is 1.84. The van der Waals surface area contributed by atoms with E-state index >= 15 is 0 Å². The lowest BCUT2D eigenvalue weighted by Crippen LogP contribution is -2.40. The number of morpholine rings is 1. The van der Waals surface area contributed by atoms with Gasteiger partial charge in [-0.3, -0.25) is 4.99 Å². The maximum absolute atomic E-state index is 12.8. The van der Waals surface area contributed by atoms with Gasteiger partial charge >= 0.3 is 0 Å². The van der Waals surface area contributed by atoms with Gasteiger partial charge in [-0.05, 0) is 52.2 Å². The predicted octanol–water partition coefficient (Wildman–Crippen LogP) is 4.15. The van der Waals surface area contributed by atoms with Gasteiger partial charge in [0.1, 0.15) is 0 Å². The molecule has 1 heterocycles. The Morgan fingerprint density at radius 1 is 1.15 bits per heavy atom. The van der Waals surface area contributed by atoms with Crippen LogP contribution < -0.4 is 0 Å². The minimum absolute atomic E-state index is 0.255. The molecule has 27 heavy (non-hydrogen) atoms. The minimum Gasteiger partial charge on any atom is -0.379 e. The fraction of sp³-hybridized carbons (Fsp3) is 0.250. The summed E-state index contributed by atoms with van der Waals surface area (Å²) >= 11 is 3.49. The Kier molecular flexibility index (Phi) is 6.59. The van der Waals surface area contributed by atoms with E-state index in [0.717, 1.165) is 15.6 Å². The molecule has 1 aliphatic rings. The van der Waals surface area contributed by atoms with Gasteiger partial charge in [0.2, 0.25) is 10.0 Å². The number of halogens is 1. The van der Waals surface area contributed by atoms with E-state index in [0.29, 0.717) is 32.0 Å². The Bertz CT molecular complexity index is 950. The van der Waals surface area contributed by atoms with Gasteiger partial charge in [-0.15, -0.1) is 0 Å². The van der Waals surface area contributed by atoms with E-state index < -0.39 is 10.0 Å². The first-order valence-corrected chi connectivity index (χ1v) is 10.8. The molecule has 0 spiro atoms. The van der Waals surface area contributed by atoms with Gasteiger partial charge in [0.15, 0.2) is 0 Å². The van der Waals surface area contributed by atoms with Crippen LogP contribution in [-0.2, 0) is 14.8 Å². The second kappa shape index (κ2) is 8.93. The molecule has 2 aromatic rings. The maximum atomic E-state index is 12.8. The van der Waals surface area contributed by atoms with Crippen molar-refractivity contribution in [2.75, 3.05) is 26.3 Å². The number of ether oxygens (including phenoxy) is 1. The van der Waals surface area contributed by atoms with E-state index in [1.54, 1.807) is 24.4 Å². The average Bonchev–Trinajstić information content (AvgIpc) is 2.68. The van der Waals surface area contributed by atoms with E-state index in [1.165, 1.54) is 4.31 Å². The Morgan fingerprint density at radius 3 is 2.56 bits per heavy atom. The molecule has 1 aliphatic heterocycles. The minimum atomic E-state index is -3.54. The number of rotatable bonds is 5. The normalized spacial score (nSPS) is 16.7. The second-order valence-corrected chi connectivity index (χ2v) is 9.02. The van der Waals surface area contributed by atoms with Crippen LogP contribution in [0.15, 0.2) is 62.9 Å². The number of nitrogens with zero attached hydrogens (tertiary/aromatic N) is 2. The zero-order valence-corrected chi connectivity index (χ0v) is 17.4. The molecule has 0 saturated carbocycles. The molecule has 0 radical (unpaired) electrons. The van der Waals surface area contributed by atoms with E-state index in [9.17, 15) is 8.42 Å². The highest BCUT2D eigenvalue weighted by molar-refractivity contribution is 9.12. The number of hydrogen-bond acceptors (Lipinski definition) is 4. The van der Waals surface area contributed by atoms with Crippen LogP contribution in [0.25, 0.3) is 6.08 Å². The lowest BCUT2D eigenvalue weighted by atomic mass is 10.2. The second-order valence-electron chi connectivity index (χ2n) is 6.16. The topological polar surface area (TPSA) is 59.0 Å². The predicted molar refractivity (Wildman–Crippen MR) is 112 cm³/mol. The van der Waals surface area contributed by atoms with E-state index in [1.807, 2.05) is 43.3 Å². The first kappa shape index (κ1) is 19.9. The summed E-state index contributed by atoms with van der Waals surface area (Å²) in [5.74, 6) is 0. The molecule has 0 amide bonds. The van der Waals surface area contributed by atoms with Crippen LogP contribution in [0, 0.1) is 6.92 Å². The molecule has 5 nitrogen and oxygen atoms in total. The SMILES string of the molecule is Cc1ccc(S(=O)(=O)N2CCOCC2)cc1N=C/C(Br)=C/c1ccccc1. The van der Waals surface area contributed by atoms with Gasteiger partial charge < -0.3 is 4.74 Å². The fourth-order valence-corrected chi connectivity index (χ4v) is 4.50. The molecular weight excluding hydrogens is 428 g/mol. The molecule has 0 atom stereocenters. The van der Waals surface area contributed by atoms with Crippen LogP contribution in [0.1, 0.15) is 11.1 Å². The first-order chi connectivity index (χ1) is 13.0. The van der Waals surface area contributed by atoms with Crippen LogP contribution in [-0.4, -0.2) is 45.2 Å². The summed E-state index contributed by atoms with van der Waals surface area (Å²) in [6.07, 6.45) is 3.63. The molecule has 3 rings (SSSR count). The van der Waals surface area contributed by atoms with Crippen molar-refractivity contribution in [2.24, 2.45) is 4.99 Å². The molecule has 0 aromatic heterocycles. The van der Waals surface area contributed by atoms with Gasteiger partial charge in [0.05, 0.1) is 23.8 Å². The van der Waals surface area contributed by atoms with Crippen LogP contribution >= 0.6 is 15.9 Å². The summed E-state index contributed by atoms with van der Waals surface area (Å²) in [5.41, 5.74) is 2.59. The van der Waals surface area contributed by atoms with Crippen molar-refractivity contribution in [1.29, 1.82) is 0 Å². The van der Waals surface area contributed by atoms with Crippen LogP contribution in [0.5, 0.6) is 0 Å². The summed E-state index contributed by atoms with van der Waals surface area (Å²) in [6, 6.07) is 14.9. The zero-order chi connectivity index (χ0) is 19.3. The molecule has 1 saturated heterocycles. The summed E-state index contributed by atoms with van der Waals surface area (Å²) < 4.78 is 33.2. The van der Waals surface area contributed by atoms with Crippen molar-refractivity contribution in [1.82, 2.24) is 4.31 Å². The number of aryl methyl sites for hydroxylation is 1. The summed E-state index contributed by atoms with van der Waals surface area (Å²) in [4.78, 5) is 4.73. The lowest BCUT2D eigenvalue weighted by molar-refractivity contribution is 0.0730. The fourth-order valence-electron chi connectivity index (χ4n) is 2.70. The highest BCUT2D eigenvalue weighted by Gasteiger charge is 2.26. The van der Waals surface area contributed by atoms with E-state index in [4.69, 9.17) is 4.74 Å². The van der Waals surface area contributed by atoms with Crippen LogP contribution in [0.3, 0.4) is 0 Å². The molecule has 1 fully saturated rings. The molecule has 0 N–H and O–H groups in total. The number of benzene rings is 2. The lowest BCUT2D eigenvalue weighted by Gasteiger charge is -2.26. The molecule has 0 aliphatic carbocycles. The molecule has 7 heteroatoms. The number of sulfonamides is 1. The van der Waals surface area contributed by atoms with Gasteiger partial charge in [-0.2, -0.15) is 4.31 Å². The van der Waals surface area contributed by atoms with Crippen molar-refractivity contribution < 1.29 is 13.2 Å². The quantitative estimate of drug-likeness (QED) is 0.645. The van der Waals surface area contributed by atoms with Crippen molar-refractivity contribution in [3.63, 3.8) is 0 Å². The number of hydrogen-bond donors (Lipinski definition) is 0. The van der Waals surface area contributed by atoms with Crippen molar-refractivity contribution in [2.45, 2.75) is 11.8 Å². The first-order valence-electron chi connectivity index (χ1n) is 8.62. The van der Waals surface area contributed by atoms with Crippen molar-refractivity contribution >= 4 is 43.9 Å². The average molecular weight is 449 g/mol.